The molecule has 0 aromatic carbocycles. The number of unbranched alkanes of at least 4 members (excludes halogenated alkanes) is 4. The van der Waals surface area contributed by atoms with Crippen LogP contribution in [-0.2, 0) is 28.8 Å². The van der Waals surface area contributed by atoms with E-state index in [0.717, 1.165) is 32.1 Å². The van der Waals surface area contributed by atoms with Crippen LogP contribution in [0.25, 0.3) is 0 Å². The topological polar surface area (TPSA) is 65.2 Å². The van der Waals surface area contributed by atoms with Crippen molar-refractivity contribution in [3.05, 3.63) is 29.1 Å². The predicted octanol–water partition coefficient (Wildman–Crippen LogP) is 3.34. The minimum absolute atomic E-state index is 0.302. The summed E-state index contributed by atoms with van der Waals surface area (Å²) < 4.78 is 4.63. The molecule has 0 bridgehead atoms. The molecule has 0 fully saturated rings. The van der Waals surface area contributed by atoms with Gasteiger partial charge in [0.05, 0.1) is 7.11 Å². The van der Waals surface area contributed by atoms with Crippen LogP contribution in [0.15, 0.2) is 12.1 Å². The van der Waals surface area contributed by atoms with Crippen LogP contribution in [0, 0.1) is 0 Å². The molecule has 0 unspecified atom stereocenters. The molecular formula is C19H30N2O2. The van der Waals surface area contributed by atoms with E-state index in [4.69, 9.17) is 10.7 Å². The Bertz CT molecular complexity index is 502. The number of rotatable bonds is 9. The van der Waals surface area contributed by atoms with E-state index >= 15 is 0 Å². The molecule has 1 atom stereocenters. The number of nitrogens with two attached hydrogens (primary N) is 1. The summed E-state index contributed by atoms with van der Waals surface area (Å²) in [6.45, 7) is 0. The maximum Gasteiger partial charge on any atom is 0.322 e. The van der Waals surface area contributed by atoms with Gasteiger partial charge in [-0.05, 0) is 56.6 Å². The van der Waals surface area contributed by atoms with Crippen molar-refractivity contribution in [1.82, 2.24) is 4.98 Å². The van der Waals surface area contributed by atoms with Crippen LogP contribution in [0.1, 0.15) is 68.3 Å². The molecule has 0 saturated carbocycles. The van der Waals surface area contributed by atoms with E-state index in [9.17, 15) is 4.79 Å². The van der Waals surface area contributed by atoms with Crippen LogP contribution in [0.3, 0.4) is 0 Å². The van der Waals surface area contributed by atoms with Gasteiger partial charge in [0.2, 0.25) is 0 Å². The molecule has 1 aromatic rings. The highest BCUT2D eigenvalue weighted by atomic mass is 16.5. The Kier molecular flexibility index (Phi) is 7.53. The lowest BCUT2D eigenvalue weighted by Gasteiger charge is -2.15. The zero-order valence-electron chi connectivity index (χ0n) is 14.4. The molecule has 2 N–H and O–H groups in total. The fourth-order valence-corrected chi connectivity index (χ4v) is 3.24. The van der Waals surface area contributed by atoms with E-state index in [0.29, 0.717) is 0 Å². The Hall–Kier alpha value is -1.42. The van der Waals surface area contributed by atoms with E-state index in [1.165, 1.54) is 62.6 Å². The number of aryl methyl sites for hydroxylation is 3. The van der Waals surface area contributed by atoms with E-state index in [-0.39, 0.29) is 5.97 Å². The van der Waals surface area contributed by atoms with Crippen molar-refractivity contribution in [3.8, 4) is 0 Å². The van der Waals surface area contributed by atoms with Crippen molar-refractivity contribution in [3.63, 3.8) is 0 Å². The Morgan fingerprint density at radius 3 is 2.74 bits per heavy atom. The molecule has 2 rings (SSSR count). The average Bonchev–Trinajstić information content (AvgIpc) is 2.59. The number of carbonyl (C=O) groups is 1. The van der Waals surface area contributed by atoms with Crippen LogP contribution in [0.5, 0.6) is 0 Å². The van der Waals surface area contributed by atoms with Gasteiger partial charge in [-0.2, -0.15) is 0 Å². The Balaban J connectivity index is 1.56. The lowest BCUT2D eigenvalue weighted by atomic mass is 9.95. The van der Waals surface area contributed by atoms with Gasteiger partial charge in [-0.1, -0.05) is 31.7 Å². The molecule has 1 aromatic heterocycles. The molecule has 1 heterocycles. The maximum atomic E-state index is 11.2. The first kappa shape index (κ1) is 17.9. The number of pyridine rings is 1. The number of ether oxygens (including phenoxy) is 1. The van der Waals surface area contributed by atoms with E-state index in [2.05, 4.69) is 16.9 Å². The van der Waals surface area contributed by atoms with Gasteiger partial charge in [0.15, 0.2) is 0 Å². The summed E-state index contributed by atoms with van der Waals surface area (Å²) in [6.07, 6.45) is 12.5. The van der Waals surface area contributed by atoms with Gasteiger partial charge in [-0.25, -0.2) is 0 Å². The zero-order chi connectivity index (χ0) is 16.5. The Morgan fingerprint density at radius 2 is 1.91 bits per heavy atom. The van der Waals surface area contributed by atoms with Gasteiger partial charge < -0.3 is 10.5 Å². The van der Waals surface area contributed by atoms with Gasteiger partial charge >= 0.3 is 5.97 Å². The van der Waals surface area contributed by atoms with Crippen LogP contribution < -0.4 is 5.73 Å². The maximum absolute atomic E-state index is 11.2. The van der Waals surface area contributed by atoms with Crippen molar-refractivity contribution < 1.29 is 9.53 Å². The van der Waals surface area contributed by atoms with Crippen molar-refractivity contribution >= 4 is 5.97 Å². The summed E-state index contributed by atoms with van der Waals surface area (Å²) in [4.78, 5) is 16.0. The number of aromatic nitrogens is 1. The standard InChI is InChI=1S/C19H30N2O2/c1-23-19(22)17(20)11-6-4-2-3-5-10-16-14-13-15-9-7-8-12-18(15)21-16/h13-14,17H,2-12,20H2,1H3/t17-/m0/s1. The van der Waals surface area contributed by atoms with Crippen molar-refractivity contribution in [2.24, 2.45) is 5.73 Å². The number of methoxy groups -OCH3 is 1. The first-order chi connectivity index (χ1) is 11.2. The molecule has 0 radical (unpaired) electrons. The van der Waals surface area contributed by atoms with Crippen molar-refractivity contribution in [1.29, 1.82) is 0 Å². The van der Waals surface area contributed by atoms with Crippen molar-refractivity contribution in [2.45, 2.75) is 76.7 Å². The number of esters is 1. The largest absolute Gasteiger partial charge is 0.468 e. The van der Waals surface area contributed by atoms with Gasteiger partial charge in [0.25, 0.3) is 0 Å². The lowest BCUT2D eigenvalue weighted by molar-refractivity contribution is -0.142. The summed E-state index contributed by atoms with van der Waals surface area (Å²) in [6, 6.07) is 4.03. The molecule has 0 saturated heterocycles. The minimum Gasteiger partial charge on any atom is -0.468 e. The second kappa shape index (κ2) is 9.66. The summed E-state index contributed by atoms with van der Waals surface area (Å²) in [5, 5.41) is 0. The highest BCUT2D eigenvalue weighted by Crippen LogP contribution is 2.20. The van der Waals surface area contributed by atoms with Gasteiger partial charge in [-0.3, -0.25) is 9.78 Å². The number of hydrogen-bond donors (Lipinski definition) is 1. The fourth-order valence-electron chi connectivity index (χ4n) is 3.24. The summed E-state index contributed by atoms with van der Waals surface area (Å²) in [5.41, 5.74) is 9.76. The summed E-state index contributed by atoms with van der Waals surface area (Å²) in [5.74, 6) is -0.302. The van der Waals surface area contributed by atoms with Crippen LogP contribution >= 0.6 is 0 Å². The number of hydrogen-bond acceptors (Lipinski definition) is 4. The molecule has 128 valence electrons. The van der Waals surface area contributed by atoms with Gasteiger partial charge in [-0.15, -0.1) is 0 Å². The second-order valence-corrected chi connectivity index (χ2v) is 6.55. The third kappa shape index (κ3) is 5.94. The first-order valence-corrected chi connectivity index (χ1v) is 9.02. The smallest absolute Gasteiger partial charge is 0.322 e. The molecule has 1 aliphatic carbocycles. The minimum atomic E-state index is -0.459. The van der Waals surface area contributed by atoms with E-state index < -0.39 is 6.04 Å². The molecule has 4 heteroatoms. The average molecular weight is 318 g/mol. The highest BCUT2D eigenvalue weighted by molar-refractivity contribution is 5.75. The second-order valence-electron chi connectivity index (χ2n) is 6.55. The normalized spacial score (nSPS) is 15.0. The van der Waals surface area contributed by atoms with E-state index in [1.54, 1.807) is 0 Å². The molecule has 23 heavy (non-hydrogen) atoms. The zero-order valence-corrected chi connectivity index (χ0v) is 14.4. The highest BCUT2D eigenvalue weighted by Gasteiger charge is 2.12. The monoisotopic (exact) mass is 318 g/mol. The number of nitrogens with zero attached hydrogens (tertiary/aromatic N) is 1. The summed E-state index contributed by atoms with van der Waals surface area (Å²) in [7, 11) is 1.39. The SMILES string of the molecule is COC(=O)[C@@H](N)CCCCCCCc1ccc2c(n1)CCCC2. The Morgan fingerprint density at radius 1 is 1.17 bits per heavy atom. The molecule has 0 aliphatic heterocycles. The number of carbonyl (C=O) groups excluding carboxylic acids is 1. The van der Waals surface area contributed by atoms with E-state index in [1.807, 2.05) is 0 Å². The van der Waals surface area contributed by atoms with Crippen LogP contribution in [0.2, 0.25) is 0 Å². The first-order valence-electron chi connectivity index (χ1n) is 9.02. The van der Waals surface area contributed by atoms with Crippen LogP contribution in [0.4, 0.5) is 0 Å². The lowest BCUT2D eigenvalue weighted by Crippen LogP contribution is -2.31. The molecule has 0 amide bonds. The van der Waals surface area contributed by atoms with Crippen LogP contribution in [-0.4, -0.2) is 24.1 Å². The molecule has 4 nitrogen and oxygen atoms in total. The third-order valence-corrected chi connectivity index (χ3v) is 4.69. The fraction of sp³-hybridized carbons (Fsp3) is 0.684. The number of fused-ring (bicyclic) bond motifs is 1. The molecule has 0 spiro atoms. The third-order valence-electron chi connectivity index (χ3n) is 4.69. The molecular weight excluding hydrogens is 288 g/mol. The van der Waals surface area contributed by atoms with Gasteiger partial charge in [0.1, 0.15) is 6.04 Å². The molecule has 1 aliphatic rings. The van der Waals surface area contributed by atoms with Gasteiger partial charge in [0, 0.05) is 11.4 Å². The summed E-state index contributed by atoms with van der Waals surface area (Å²) >= 11 is 0. The van der Waals surface area contributed by atoms with Crippen molar-refractivity contribution in [2.75, 3.05) is 7.11 Å². The Labute approximate surface area is 139 Å². The quantitative estimate of drug-likeness (QED) is 0.560. The predicted molar refractivity (Wildman–Crippen MR) is 92.3 cm³/mol.